The minimum absolute atomic E-state index is 0.156. The lowest BCUT2D eigenvalue weighted by molar-refractivity contribution is -0.137. The van der Waals surface area contributed by atoms with Gasteiger partial charge in [-0.05, 0) is 55.0 Å². The van der Waals surface area contributed by atoms with Crippen LogP contribution in [-0.4, -0.2) is 5.71 Å². The zero-order chi connectivity index (χ0) is 17.2. The Morgan fingerprint density at radius 3 is 2.50 bits per heavy atom. The summed E-state index contributed by atoms with van der Waals surface area (Å²) in [6, 6.07) is 11.1. The highest BCUT2D eigenvalue weighted by Gasteiger charge is 2.29. The van der Waals surface area contributed by atoms with Crippen LogP contribution in [0.5, 0.6) is 0 Å². The summed E-state index contributed by atoms with van der Waals surface area (Å²) in [5.74, 6) is 0. The van der Waals surface area contributed by atoms with Crippen LogP contribution in [0.25, 0.3) is 0 Å². The molecule has 1 aliphatic carbocycles. The first kappa shape index (κ1) is 16.6. The van der Waals surface area contributed by atoms with Crippen molar-refractivity contribution in [1.82, 2.24) is 0 Å². The quantitative estimate of drug-likeness (QED) is 0.701. The lowest BCUT2D eigenvalue weighted by Crippen LogP contribution is -2.13. The number of fused-ring (bicyclic) bond motifs is 1. The van der Waals surface area contributed by atoms with Crippen LogP contribution in [0.4, 0.5) is 13.2 Å². The molecule has 0 heterocycles. The summed E-state index contributed by atoms with van der Waals surface area (Å²) >= 11 is 0. The molecule has 24 heavy (non-hydrogen) atoms. The first-order valence-corrected chi connectivity index (χ1v) is 7.89. The van der Waals surface area contributed by atoms with E-state index in [-0.39, 0.29) is 6.61 Å². The monoisotopic (exact) mass is 333 g/mol. The fourth-order valence-electron chi connectivity index (χ4n) is 2.94. The van der Waals surface area contributed by atoms with Gasteiger partial charge in [-0.1, -0.05) is 35.5 Å². The smallest absolute Gasteiger partial charge is 0.391 e. The minimum atomic E-state index is -4.32. The van der Waals surface area contributed by atoms with Gasteiger partial charge in [-0.3, -0.25) is 0 Å². The maximum absolute atomic E-state index is 12.5. The normalized spacial score (nSPS) is 16.1. The second kappa shape index (κ2) is 6.67. The van der Waals surface area contributed by atoms with Gasteiger partial charge in [0, 0.05) is 5.56 Å². The van der Waals surface area contributed by atoms with E-state index in [0.717, 1.165) is 42.7 Å². The highest BCUT2D eigenvalue weighted by atomic mass is 19.4. The number of rotatable bonds is 3. The van der Waals surface area contributed by atoms with Crippen molar-refractivity contribution >= 4 is 5.71 Å². The Morgan fingerprint density at radius 2 is 1.79 bits per heavy atom. The molecule has 0 saturated heterocycles. The number of hydrogen-bond donors (Lipinski definition) is 0. The molecular formula is C19H18F3NO. The van der Waals surface area contributed by atoms with Crippen LogP contribution < -0.4 is 0 Å². The van der Waals surface area contributed by atoms with Crippen molar-refractivity contribution < 1.29 is 18.0 Å². The Hall–Kier alpha value is -2.30. The molecule has 0 aromatic heterocycles. The molecule has 2 nitrogen and oxygen atoms in total. The Labute approximate surface area is 138 Å². The second-order valence-corrected chi connectivity index (χ2v) is 5.96. The van der Waals surface area contributed by atoms with E-state index in [1.807, 2.05) is 12.1 Å². The summed E-state index contributed by atoms with van der Waals surface area (Å²) in [6.07, 6.45) is -1.40. The number of alkyl halides is 3. The number of hydrogen-bond acceptors (Lipinski definition) is 2. The van der Waals surface area contributed by atoms with E-state index < -0.39 is 11.7 Å². The van der Waals surface area contributed by atoms with Gasteiger partial charge in [-0.15, -0.1) is 0 Å². The fourth-order valence-corrected chi connectivity index (χ4v) is 2.94. The molecule has 0 N–H and O–H groups in total. The second-order valence-electron chi connectivity index (χ2n) is 5.96. The summed E-state index contributed by atoms with van der Waals surface area (Å²) in [5, 5.41) is 4.23. The molecule has 0 spiro atoms. The largest absolute Gasteiger partial charge is 0.416 e. The number of benzene rings is 2. The Morgan fingerprint density at radius 1 is 1.04 bits per heavy atom. The zero-order valence-corrected chi connectivity index (χ0v) is 13.4. The van der Waals surface area contributed by atoms with E-state index >= 15 is 0 Å². The molecule has 2 aromatic rings. The number of nitrogens with zero attached hydrogens (tertiary/aromatic N) is 1. The van der Waals surface area contributed by atoms with E-state index in [1.54, 1.807) is 0 Å². The van der Waals surface area contributed by atoms with E-state index in [4.69, 9.17) is 4.84 Å². The SMILES string of the molecule is Cc1cccc2c1CCC/C2=N/OCc1ccc(C(F)(F)F)cc1. The Bertz CT molecular complexity index is 748. The third kappa shape index (κ3) is 3.61. The molecule has 0 fully saturated rings. The molecule has 0 bridgehead atoms. The molecule has 3 rings (SSSR count). The van der Waals surface area contributed by atoms with Crippen molar-refractivity contribution in [2.45, 2.75) is 39.0 Å². The predicted octanol–water partition coefficient (Wildman–Crippen LogP) is 5.27. The number of oxime groups is 1. The highest BCUT2D eigenvalue weighted by Crippen LogP contribution is 2.29. The maximum Gasteiger partial charge on any atom is 0.416 e. The van der Waals surface area contributed by atoms with Gasteiger partial charge in [0.2, 0.25) is 0 Å². The van der Waals surface area contributed by atoms with Gasteiger partial charge < -0.3 is 4.84 Å². The zero-order valence-electron chi connectivity index (χ0n) is 13.4. The van der Waals surface area contributed by atoms with Crippen molar-refractivity contribution in [1.29, 1.82) is 0 Å². The summed E-state index contributed by atoms with van der Waals surface area (Å²) in [7, 11) is 0. The van der Waals surface area contributed by atoms with Gasteiger partial charge in [0.25, 0.3) is 0 Å². The molecular weight excluding hydrogens is 315 g/mol. The maximum atomic E-state index is 12.5. The number of halogens is 3. The van der Waals surface area contributed by atoms with Crippen molar-refractivity contribution in [2.75, 3.05) is 0 Å². The Balaban J connectivity index is 1.69. The first-order chi connectivity index (χ1) is 11.4. The van der Waals surface area contributed by atoms with Crippen LogP contribution >= 0.6 is 0 Å². The fraction of sp³-hybridized carbons (Fsp3) is 0.316. The van der Waals surface area contributed by atoms with Crippen LogP contribution in [-0.2, 0) is 24.0 Å². The minimum Gasteiger partial charge on any atom is -0.391 e. The average Bonchev–Trinajstić information content (AvgIpc) is 2.55. The highest BCUT2D eigenvalue weighted by molar-refractivity contribution is 6.02. The van der Waals surface area contributed by atoms with Gasteiger partial charge in [-0.2, -0.15) is 13.2 Å². The van der Waals surface area contributed by atoms with Crippen molar-refractivity contribution in [3.8, 4) is 0 Å². The molecule has 5 heteroatoms. The molecule has 0 aliphatic heterocycles. The lowest BCUT2D eigenvalue weighted by Gasteiger charge is -2.19. The number of aryl methyl sites for hydroxylation is 1. The van der Waals surface area contributed by atoms with Crippen molar-refractivity contribution in [2.24, 2.45) is 5.16 Å². The first-order valence-electron chi connectivity index (χ1n) is 7.89. The van der Waals surface area contributed by atoms with Gasteiger partial charge >= 0.3 is 6.18 Å². The lowest BCUT2D eigenvalue weighted by atomic mass is 9.87. The molecule has 0 unspecified atom stereocenters. The van der Waals surface area contributed by atoms with Gasteiger partial charge in [0.15, 0.2) is 0 Å². The van der Waals surface area contributed by atoms with Gasteiger partial charge in [0.05, 0.1) is 11.3 Å². The molecule has 126 valence electrons. The summed E-state index contributed by atoms with van der Waals surface area (Å²) in [6.45, 7) is 2.24. The summed E-state index contributed by atoms with van der Waals surface area (Å²) in [5.41, 5.74) is 4.59. The van der Waals surface area contributed by atoms with Crippen LogP contribution in [0.15, 0.2) is 47.6 Å². The van der Waals surface area contributed by atoms with E-state index in [2.05, 4.69) is 18.1 Å². The van der Waals surface area contributed by atoms with Crippen LogP contribution in [0, 0.1) is 6.92 Å². The topological polar surface area (TPSA) is 21.6 Å². The van der Waals surface area contributed by atoms with E-state index in [9.17, 15) is 13.2 Å². The van der Waals surface area contributed by atoms with E-state index in [1.165, 1.54) is 23.3 Å². The summed E-state index contributed by atoms with van der Waals surface area (Å²) in [4.78, 5) is 5.39. The summed E-state index contributed by atoms with van der Waals surface area (Å²) < 4.78 is 37.6. The third-order valence-corrected chi connectivity index (χ3v) is 4.25. The van der Waals surface area contributed by atoms with Gasteiger partial charge in [0.1, 0.15) is 6.61 Å². The molecule has 2 aromatic carbocycles. The third-order valence-electron chi connectivity index (χ3n) is 4.25. The molecule has 0 atom stereocenters. The molecule has 0 amide bonds. The predicted molar refractivity (Wildman–Crippen MR) is 86.9 cm³/mol. The van der Waals surface area contributed by atoms with E-state index in [0.29, 0.717) is 5.56 Å². The van der Waals surface area contributed by atoms with Crippen molar-refractivity contribution in [3.63, 3.8) is 0 Å². The average molecular weight is 333 g/mol. The van der Waals surface area contributed by atoms with Crippen LogP contribution in [0.2, 0.25) is 0 Å². The van der Waals surface area contributed by atoms with Gasteiger partial charge in [-0.25, -0.2) is 0 Å². The molecule has 0 saturated carbocycles. The standard InChI is InChI=1S/C19H18F3NO/c1-13-4-2-6-17-16(13)5-3-7-18(17)23-24-12-14-8-10-15(11-9-14)19(20,21)22/h2,4,6,8-11H,3,5,7,12H2,1H3/b23-18-. The molecule has 1 aliphatic rings. The molecule has 0 radical (unpaired) electrons. The Kier molecular flexibility index (Phi) is 4.60. The van der Waals surface area contributed by atoms with Crippen LogP contribution in [0.3, 0.4) is 0 Å². The van der Waals surface area contributed by atoms with Crippen LogP contribution in [0.1, 0.15) is 40.7 Å². The van der Waals surface area contributed by atoms with Crippen molar-refractivity contribution in [3.05, 3.63) is 70.3 Å².